The Hall–Kier alpha value is -0.990. The van der Waals surface area contributed by atoms with Gasteiger partial charge < -0.3 is 4.90 Å². The van der Waals surface area contributed by atoms with Crippen LogP contribution in [0.3, 0.4) is 0 Å². The second-order valence-corrected chi connectivity index (χ2v) is 6.22. The summed E-state index contributed by atoms with van der Waals surface area (Å²) in [5.41, 5.74) is 3.82. The molecule has 1 aliphatic rings. The summed E-state index contributed by atoms with van der Waals surface area (Å²) in [6.45, 7) is 2.18. The zero-order valence-electron chi connectivity index (χ0n) is 11.2. The van der Waals surface area contributed by atoms with Gasteiger partial charge in [0.25, 0.3) is 0 Å². The standard InChI is InChI=1S/C17H17BrClN/c18-11-14-6-7-16(10-17(14)19)20-9-8-15(12-20)13-4-2-1-3-5-13/h1-7,10,15H,8-9,11-12H2. The normalized spacial score (nSPS) is 18.5. The molecule has 1 fully saturated rings. The van der Waals surface area contributed by atoms with Crippen molar-refractivity contribution in [1.29, 1.82) is 0 Å². The van der Waals surface area contributed by atoms with Crippen molar-refractivity contribution in [2.45, 2.75) is 17.7 Å². The molecular formula is C17H17BrClN. The first-order valence-electron chi connectivity index (χ1n) is 6.92. The molecule has 0 saturated carbocycles. The number of alkyl halides is 1. The fraction of sp³-hybridized carbons (Fsp3) is 0.294. The summed E-state index contributed by atoms with van der Waals surface area (Å²) in [6.07, 6.45) is 1.21. The van der Waals surface area contributed by atoms with Gasteiger partial charge in [-0.25, -0.2) is 0 Å². The number of hydrogen-bond donors (Lipinski definition) is 0. The zero-order valence-corrected chi connectivity index (χ0v) is 13.6. The lowest BCUT2D eigenvalue weighted by Crippen LogP contribution is -2.19. The second kappa shape index (κ2) is 6.19. The molecule has 20 heavy (non-hydrogen) atoms. The van der Waals surface area contributed by atoms with E-state index in [2.05, 4.69) is 69.4 Å². The molecule has 1 unspecified atom stereocenters. The Labute approximate surface area is 133 Å². The van der Waals surface area contributed by atoms with Gasteiger partial charge >= 0.3 is 0 Å². The van der Waals surface area contributed by atoms with E-state index in [1.165, 1.54) is 17.7 Å². The summed E-state index contributed by atoms with van der Waals surface area (Å²) >= 11 is 9.76. The number of anilines is 1. The second-order valence-electron chi connectivity index (χ2n) is 5.25. The molecule has 3 heteroatoms. The summed E-state index contributed by atoms with van der Waals surface area (Å²) in [5.74, 6) is 0.630. The highest BCUT2D eigenvalue weighted by atomic mass is 79.9. The summed E-state index contributed by atoms with van der Waals surface area (Å²) in [5, 5.41) is 1.65. The summed E-state index contributed by atoms with van der Waals surface area (Å²) in [6, 6.07) is 17.2. The molecule has 2 aromatic carbocycles. The fourth-order valence-corrected chi connectivity index (χ4v) is 3.73. The van der Waals surface area contributed by atoms with Gasteiger partial charge in [-0.2, -0.15) is 0 Å². The van der Waals surface area contributed by atoms with Gasteiger partial charge in [0.05, 0.1) is 0 Å². The van der Waals surface area contributed by atoms with Gasteiger partial charge in [-0.15, -0.1) is 0 Å². The van der Waals surface area contributed by atoms with Crippen LogP contribution in [0.5, 0.6) is 0 Å². The summed E-state index contributed by atoms with van der Waals surface area (Å²) in [7, 11) is 0. The first-order chi connectivity index (χ1) is 9.78. The van der Waals surface area contributed by atoms with Gasteiger partial charge in [0.2, 0.25) is 0 Å². The molecule has 0 N–H and O–H groups in total. The molecule has 1 saturated heterocycles. The van der Waals surface area contributed by atoms with Crippen molar-refractivity contribution >= 4 is 33.2 Å². The maximum absolute atomic E-state index is 6.30. The van der Waals surface area contributed by atoms with Crippen LogP contribution in [0, 0.1) is 0 Å². The van der Waals surface area contributed by atoms with Gasteiger partial charge in [0, 0.05) is 35.0 Å². The van der Waals surface area contributed by atoms with Crippen LogP contribution < -0.4 is 4.90 Å². The monoisotopic (exact) mass is 349 g/mol. The minimum Gasteiger partial charge on any atom is -0.371 e. The van der Waals surface area contributed by atoms with Crippen molar-refractivity contribution in [3.63, 3.8) is 0 Å². The highest BCUT2D eigenvalue weighted by Crippen LogP contribution is 2.32. The average Bonchev–Trinajstić information content (AvgIpc) is 2.98. The van der Waals surface area contributed by atoms with E-state index < -0.39 is 0 Å². The minimum atomic E-state index is 0.630. The number of halogens is 2. The SMILES string of the molecule is Clc1cc(N2CCC(c3ccccc3)C2)ccc1CBr. The molecule has 3 rings (SSSR count). The number of benzene rings is 2. The van der Waals surface area contributed by atoms with E-state index in [1.807, 2.05) is 0 Å². The van der Waals surface area contributed by atoms with Gasteiger partial charge in [0.1, 0.15) is 0 Å². The molecule has 1 nitrogen and oxygen atoms in total. The zero-order chi connectivity index (χ0) is 13.9. The highest BCUT2D eigenvalue weighted by Gasteiger charge is 2.24. The molecular weight excluding hydrogens is 334 g/mol. The van der Waals surface area contributed by atoms with E-state index >= 15 is 0 Å². The Balaban J connectivity index is 1.76. The van der Waals surface area contributed by atoms with Crippen molar-refractivity contribution in [3.05, 3.63) is 64.7 Å². The van der Waals surface area contributed by atoms with E-state index in [-0.39, 0.29) is 0 Å². The van der Waals surface area contributed by atoms with Crippen molar-refractivity contribution < 1.29 is 0 Å². The van der Waals surface area contributed by atoms with E-state index in [1.54, 1.807) is 0 Å². The average molecular weight is 351 g/mol. The van der Waals surface area contributed by atoms with Crippen molar-refractivity contribution in [3.8, 4) is 0 Å². The lowest BCUT2D eigenvalue weighted by Gasteiger charge is -2.19. The van der Waals surface area contributed by atoms with E-state index in [9.17, 15) is 0 Å². The first-order valence-corrected chi connectivity index (χ1v) is 8.42. The van der Waals surface area contributed by atoms with Gasteiger partial charge in [-0.1, -0.05) is 63.9 Å². The molecule has 0 radical (unpaired) electrons. The molecule has 0 amide bonds. The van der Waals surface area contributed by atoms with Crippen LogP contribution >= 0.6 is 27.5 Å². The minimum absolute atomic E-state index is 0.630. The lowest BCUT2D eigenvalue weighted by molar-refractivity contribution is 0.775. The predicted molar refractivity (Wildman–Crippen MR) is 90.1 cm³/mol. The van der Waals surface area contributed by atoms with Crippen LogP contribution in [0.25, 0.3) is 0 Å². The third-order valence-electron chi connectivity index (χ3n) is 4.00. The van der Waals surface area contributed by atoms with Gasteiger partial charge in [-0.3, -0.25) is 0 Å². The topological polar surface area (TPSA) is 3.24 Å². The summed E-state index contributed by atoms with van der Waals surface area (Å²) < 4.78 is 0. The molecule has 0 spiro atoms. The largest absolute Gasteiger partial charge is 0.371 e. The van der Waals surface area contributed by atoms with Crippen LogP contribution in [0.4, 0.5) is 5.69 Å². The molecule has 2 aromatic rings. The molecule has 1 aliphatic heterocycles. The van der Waals surface area contributed by atoms with Crippen molar-refractivity contribution in [1.82, 2.24) is 0 Å². The maximum atomic E-state index is 6.30. The van der Waals surface area contributed by atoms with Crippen molar-refractivity contribution in [2.24, 2.45) is 0 Å². The van der Waals surface area contributed by atoms with E-state index in [4.69, 9.17) is 11.6 Å². The van der Waals surface area contributed by atoms with Gasteiger partial charge in [-0.05, 0) is 29.7 Å². The van der Waals surface area contributed by atoms with E-state index in [0.29, 0.717) is 5.92 Å². The molecule has 0 bridgehead atoms. The van der Waals surface area contributed by atoms with Crippen LogP contribution in [-0.4, -0.2) is 13.1 Å². The number of rotatable bonds is 3. The Morgan fingerprint density at radius 3 is 2.65 bits per heavy atom. The van der Waals surface area contributed by atoms with Crippen LogP contribution in [0.2, 0.25) is 5.02 Å². The Kier molecular flexibility index (Phi) is 4.32. The first kappa shape index (κ1) is 14.0. The molecule has 1 atom stereocenters. The fourth-order valence-electron chi connectivity index (χ4n) is 2.83. The Bertz CT molecular complexity index is 585. The molecule has 0 aromatic heterocycles. The third kappa shape index (κ3) is 2.87. The van der Waals surface area contributed by atoms with Crippen LogP contribution in [0.15, 0.2) is 48.5 Å². The number of hydrogen-bond acceptors (Lipinski definition) is 1. The lowest BCUT2D eigenvalue weighted by atomic mass is 9.99. The molecule has 1 heterocycles. The van der Waals surface area contributed by atoms with Gasteiger partial charge in [0.15, 0.2) is 0 Å². The Morgan fingerprint density at radius 2 is 1.95 bits per heavy atom. The van der Waals surface area contributed by atoms with E-state index in [0.717, 1.165) is 29.0 Å². The summed E-state index contributed by atoms with van der Waals surface area (Å²) in [4.78, 5) is 2.43. The molecule has 0 aliphatic carbocycles. The predicted octanol–water partition coefficient (Wildman–Crippen LogP) is 5.23. The van der Waals surface area contributed by atoms with Crippen LogP contribution in [0.1, 0.15) is 23.5 Å². The highest BCUT2D eigenvalue weighted by molar-refractivity contribution is 9.08. The number of nitrogens with zero attached hydrogens (tertiary/aromatic N) is 1. The van der Waals surface area contributed by atoms with Crippen molar-refractivity contribution in [2.75, 3.05) is 18.0 Å². The molecule has 104 valence electrons. The quantitative estimate of drug-likeness (QED) is 0.685. The maximum Gasteiger partial charge on any atom is 0.0467 e. The third-order valence-corrected chi connectivity index (χ3v) is 4.96. The smallest absolute Gasteiger partial charge is 0.0467 e. The Morgan fingerprint density at radius 1 is 1.15 bits per heavy atom. The van der Waals surface area contributed by atoms with Crippen LogP contribution in [-0.2, 0) is 5.33 Å².